The molecule has 1 amide bonds. The number of nitrogens with zero attached hydrogens (tertiary/aromatic N) is 1. The van der Waals surface area contributed by atoms with E-state index in [1.54, 1.807) is 13.8 Å². The van der Waals surface area contributed by atoms with Gasteiger partial charge in [-0.05, 0) is 26.7 Å². The molecule has 2 atom stereocenters. The van der Waals surface area contributed by atoms with Crippen molar-refractivity contribution in [2.75, 3.05) is 26.0 Å². The number of carbonyl (C=O) groups is 2. The number of hydrogen-bond donors (Lipinski definition) is 1. The fraction of sp³-hybridized carbons (Fsp3) is 0.833. The lowest BCUT2D eigenvalue weighted by atomic mass is 9.98. The molecule has 0 spiro atoms. The van der Waals surface area contributed by atoms with Gasteiger partial charge in [0.15, 0.2) is 0 Å². The molecule has 0 aromatic carbocycles. The Bertz CT molecular complexity index is 462. The second-order valence-corrected chi connectivity index (χ2v) is 6.92. The smallest absolute Gasteiger partial charge is 0.328 e. The summed E-state index contributed by atoms with van der Waals surface area (Å²) in [6.45, 7) is 4.10. The van der Waals surface area contributed by atoms with E-state index in [1.165, 1.54) is 4.31 Å². The highest BCUT2D eigenvalue weighted by molar-refractivity contribution is 7.88. The lowest BCUT2D eigenvalue weighted by molar-refractivity contribution is -0.147. The predicted octanol–water partition coefficient (Wildman–Crippen LogP) is -0.274. The lowest BCUT2D eigenvalue weighted by Crippen LogP contribution is -2.48. The van der Waals surface area contributed by atoms with Crippen LogP contribution < -0.4 is 5.32 Å². The Balaban J connectivity index is 2.57. The van der Waals surface area contributed by atoms with E-state index in [-0.39, 0.29) is 19.1 Å². The standard InChI is InChI=1S/C12H22N2O5S/c1-4-19-12(16)9(2)13-11(15)10-6-5-7-14(8-10)20(3,17)18/h9-10H,4-8H2,1-3H3,(H,13,15). The van der Waals surface area contributed by atoms with Gasteiger partial charge in [-0.15, -0.1) is 0 Å². The van der Waals surface area contributed by atoms with Crippen LogP contribution in [0.5, 0.6) is 0 Å². The second-order valence-electron chi connectivity index (χ2n) is 4.94. The number of hydrogen-bond acceptors (Lipinski definition) is 5. The van der Waals surface area contributed by atoms with Crippen LogP contribution in [0.25, 0.3) is 0 Å². The molecule has 1 aliphatic heterocycles. The largest absolute Gasteiger partial charge is 0.464 e. The normalized spacial score (nSPS) is 22.1. The van der Waals surface area contributed by atoms with Gasteiger partial charge in [0.05, 0.1) is 18.8 Å². The molecule has 0 aliphatic carbocycles. The molecule has 1 aliphatic rings. The zero-order valence-electron chi connectivity index (χ0n) is 12.1. The topological polar surface area (TPSA) is 92.8 Å². The molecule has 8 heteroatoms. The highest BCUT2D eigenvalue weighted by Gasteiger charge is 2.31. The highest BCUT2D eigenvalue weighted by atomic mass is 32.2. The number of ether oxygens (including phenoxy) is 1. The molecule has 1 rings (SSSR count). The van der Waals surface area contributed by atoms with Crippen molar-refractivity contribution >= 4 is 21.9 Å². The van der Waals surface area contributed by atoms with E-state index in [4.69, 9.17) is 4.74 Å². The van der Waals surface area contributed by atoms with Gasteiger partial charge in [0.1, 0.15) is 6.04 Å². The van der Waals surface area contributed by atoms with Gasteiger partial charge < -0.3 is 10.1 Å². The summed E-state index contributed by atoms with van der Waals surface area (Å²) in [4.78, 5) is 23.5. The Labute approximate surface area is 119 Å². The van der Waals surface area contributed by atoms with Gasteiger partial charge in [0, 0.05) is 13.1 Å². The van der Waals surface area contributed by atoms with Gasteiger partial charge in [-0.2, -0.15) is 0 Å². The molecular formula is C12H22N2O5S. The van der Waals surface area contributed by atoms with Crippen molar-refractivity contribution in [1.29, 1.82) is 0 Å². The molecule has 116 valence electrons. The molecule has 1 saturated heterocycles. The maximum atomic E-state index is 12.0. The van der Waals surface area contributed by atoms with Gasteiger partial charge in [-0.1, -0.05) is 0 Å². The number of rotatable bonds is 5. The monoisotopic (exact) mass is 306 g/mol. The van der Waals surface area contributed by atoms with Crippen LogP contribution in [0.15, 0.2) is 0 Å². The molecule has 20 heavy (non-hydrogen) atoms. The summed E-state index contributed by atoms with van der Waals surface area (Å²) in [6.07, 6.45) is 2.39. The van der Waals surface area contributed by atoms with Crippen LogP contribution >= 0.6 is 0 Å². The van der Waals surface area contributed by atoms with E-state index in [1.807, 2.05) is 0 Å². The number of esters is 1. The summed E-state index contributed by atoms with van der Waals surface area (Å²) in [7, 11) is -3.28. The molecule has 0 saturated carbocycles. The molecule has 0 aromatic heterocycles. The highest BCUT2D eigenvalue weighted by Crippen LogP contribution is 2.18. The third-order valence-electron chi connectivity index (χ3n) is 3.22. The summed E-state index contributed by atoms with van der Waals surface area (Å²) >= 11 is 0. The van der Waals surface area contributed by atoms with Gasteiger partial charge in [-0.25, -0.2) is 17.5 Å². The number of carbonyl (C=O) groups excluding carboxylic acids is 2. The van der Waals surface area contributed by atoms with E-state index < -0.39 is 28.0 Å². The van der Waals surface area contributed by atoms with Crippen LogP contribution in [0, 0.1) is 5.92 Å². The van der Waals surface area contributed by atoms with E-state index >= 15 is 0 Å². The van der Waals surface area contributed by atoms with E-state index in [0.29, 0.717) is 19.4 Å². The summed E-state index contributed by atoms with van der Waals surface area (Å²) in [6, 6.07) is -0.726. The minimum absolute atomic E-state index is 0.167. The number of piperidine rings is 1. The maximum Gasteiger partial charge on any atom is 0.328 e. The quantitative estimate of drug-likeness (QED) is 0.706. The zero-order chi connectivity index (χ0) is 15.3. The molecule has 1 N–H and O–H groups in total. The van der Waals surface area contributed by atoms with Crippen LogP contribution in [-0.4, -0.2) is 56.6 Å². The van der Waals surface area contributed by atoms with Crippen LogP contribution in [0.3, 0.4) is 0 Å². The minimum Gasteiger partial charge on any atom is -0.464 e. The van der Waals surface area contributed by atoms with Crippen LogP contribution in [-0.2, 0) is 24.3 Å². The van der Waals surface area contributed by atoms with Crippen molar-refractivity contribution in [3.63, 3.8) is 0 Å². The second kappa shape index (κ2) is 7.03. The first-order valence-electron chi connectivity index (χ1n) is 6.67. The average Bonchev–Trinajstić information content (AvgIpc) is 2.38. The molecule has 0 bridgehead atoms. The van der Waals surface area contributed by atoms with Crippen molar-refractivity contribution in [1.82, 2.24) is 9.62 Å². The van der Waals surface area contributed by atoms with Gasteiger partial charge in [0.2, 0.25) is 15.9 Å². The Morgan fingerprint density at radius 2 is 2.10 bits per heavy atom. The third-order valence-corrected chi connectivity index (χ3v) is 4.49. The summed E-state index contributed by atoms with van der Waals surface area (Å²) in [5.74, 6) is -1.22. The van der Waals surface area contributed by atoms with Crippen LogP contribution in [0.2, 0.25) is 0 Å². The van der Waals surface area contributed by atoms with Crippen molar-refractivity contribution in [3.05, 3.63) is 0 Å². The Hall–Kier alpha value is -1.15. The molecule has 0 aromatic rings. The first-order chi connectivity index (χ1) is 9.25. The Morgan fingerprint density at radius 1 is 1.45 bits per heavy atom. The van der Waals surface area contributed by atoms with Crippen molar-refractivity contribution in [2.45, 2.75) is 32.7 Å². The maximum absolute atomic E-state index is 12.0. The van der Waals surface area contributed by atoms with E-state index in [2.05, 4.69) is 5.32 Å². The number of nitrogens with one attached hydrogen (secondary N) is 1. The molecule has 1 heterocycles. The van der Waals surface area contributed by atoms with Gasteiger partial charge in [0.25, 0.3) is 0 Å². The van der Waals surface area contributed by atoms with E-state index in [9.17, 15) is 18.0 Å². The SMILES string of the molecule is CCOC(=O)C(C)NC(=O)C1CCCN(S(C)(=O)=O)C1. The summed E-state index contributed by atoms with van der Waals surface area (Å²) < 4.78 is 29.1. The molecule has 2 unspecified atom stereocenters. The van der Waals surface area contributed by atoms with Crippen LogP contribution in [0.1, 0.15) is 26.7 Å². The molecule has 0 radical (unpaired) electrons. The van der Waals surface area contributed by atoms with Crippen molar-refractivity contribution in [2.24, 2.45) is 5.92 Å². The molecular weight excluding hydrogens is 284 g/mol. The average molecular weight is 306 g/mol. The fourth-order valence-electron chi connectivity index (χ4n) is 2.12. The minimum atomic E-state index is -3.28. The molecule has 1 fully saturated rings. The Morgan fingerprint density at radius 3 is 2.65 bits per heavy atom. The number of sulfonamides is 1. The predicted molar refractivity (Wildman–Crippen MR) is 73.4 cm³/mol. The zero-order valence-corrected chi connectivity index (χ0v) is 12.9. The van der Waals surface area contributed by atoms with Gasteiger partial charge >= 0.3 is 5.97 Å². The summed E-state index contributed by atoms with van der Waals surface area (Å²) in [5, 5.41) is 2.57. The lowest BCUT2D eigenvalue weighted by Gasteiger charge is -2.30. The summed E-state index contributed by atoms with van der Waals surface area (Å²) in [5.41, 5.74) is 0. The van der Waals surface area contributed by atoms with Crippen LogP contribution in [0.4, 0.5) is 0 Å². The fourth-order valence-corrected chi connectivity index (χ4v) is 3.03. The van der Waals surface area contributed by atoms with Crippen molar-refractivity contribution in [3.8, 4) is 0 Å². The first-order valence-corrected chi connectivity index (χ1v) is 8.52. The third kappa shape index (κ3) is 4.75. The number of amides is 1. The Kier molecular flexibility index (Phi) is 5.94. The first kappa shape index (κ1) is 16.9. The van der Waals surface area contributed by atoms with Gasteiger partial charge in [-0.3, -0.25) is 4.79 Å². The molecule has 7 nitrogen and oxygen atoms in total. The van der Waals surface area contributed by atoms with Crippen molar-refractivity contribution < 1.29 is 22.7 Å². The van der Waals surface area contributed by atoms with E-state index in [0.717, 1.165) is 6.26 Å².